The Bertz CT molecular complexity index is 1330. The minimum Gasteiger partial charge on any atom is -0.347 e. The molecule has 1 saturated carbocycles. The van der Waals surface area contributed by atoms with Crippen LogP contribution < -0.4 is 16.2 Å². The molecule has 2 fully saturated rings. The summed E-state index contributed by atoms with van der Waals surface area (Å²) < 4.78 is 1.74. The number of aromatic nitrogens is 3. The van der Waals surface area contributed by atoms with E-state index in [2.05, 4.69) is 27.4 Å². The fourth-order valence-corrected chi connectivity index (χ4v) is 6.50. The number of amidine groups is 1. The van der Waals surface area contributed by atoms with Gasteiger partial charge in [0.25, 0.3) is 11.5 Å². The Kier molecular flexibility index (Phi) is 8.04. The zero-order chi connectivity index (χ0) is 26.8. The molecule has 0 spiro atoms. The van der Waals surface area contributed by atoms with Crippen LogP contribution in [-0.2, 0) is 0 Å². The van der Waals surface area contributed by atoms with Crippen molar-refractivity contribution in [2.45, 2.75) is 91.1 Å². The van der Waals surface area contributed by atoms with Gasteiger partial charge in [-0.1, -0.05) is 19.8 Å². The molecule has 9 heteroatoms. The number of hydrogen-bond donors (Lipinski definition) is 2. The van der Waals surface area contributed by atoms with Crippen LogP contribution in [-0.4, -0.2) is 63.3 Å². The van der Waals surface area contributed by atoms with Crippen LogP contribution in [0.15, 0.2) is 27.3 Å². The van der Waals surface area contributed by atoms with Gasteiger partial charge in [0, 0.05) is 48.9 Å². The molecule has 0 radical (unpaired) electrons. The second-order valence-electron chi connectivity index (χ2n) is 11.0. The number of aryl methyl sites for hydroxylation is 1. The molecule has 38 heavy (non-hydrogen) atoms. The smallest absolute Gasteiger partial charge is 0.263 e. The first-order chi connectivity index (χ1) is 18.4. The standard InChI is InChI=1S/C29H41N7O2/c1-5-21-17-35(22-10-13-30-14-11-22)15-12-25(21)32-20(4)33-29-31-16-24-18(2)26(19(3)37)28(38)36(27(24)34-29)23-8-6-7-9-23/h16,22-23,30H,5-15,17H2,1-4H3,(H,31,32,33,34). The van der Waals surface area contributed by atoms with Gasteiger partial charge in [-0.3, -0.25) is 19.1 Å². The second-order valence-corrected chi connectivity index (χ2v) is 11.0. The number of hydrogen-bond acceptors (Lipinski definition) is 7. The summed E-state index contributed by atoms with van der Waals surface area (Å²) in [5.74, 6) is 0.858. The summed E-state index contributed by atoms with van der Waals surface area (Å²) >= 11 is 0. The van der Waals surface area contributed by atoms with Crippen molar-refractivity contribution >= 4 is 28.6 Å². The van der Waals surface area contributed by atoms with Crippen molar-refractivity contribution in [3.63, 3.8) is 0 Å². The summed E-state index contributed by atoms with van der Waals surface area (Å²) in [5, 5.41) is 7.77. The minimum absolute atomic E-state index is 0.0528. The molecule has 0 atom stereocenters. The van der Waals surface area contributed by atoms with Gasteiger partial charge in [-0.05, 0) is 77.1 Å². The maximum Gasteiger partial charge on any atom is 0.263 e. The molecule has 2 N–H and O–H groups in total. The maximum absolute atomic E-state index is 13.5. The van der Waals surface area contributed by atoms with E-state index in [0.717, 1.165) is 75.9 Å². The molecular weight excluding hydrogens is 478 g/mol. The molecule has 204 valence electrons. The first kappa shape index (κ1) is 26.7. The van der Waals surface area contributed by atoms with Crippen molar-refractivity contribution in [1.29, 1.82) is 0 Å². The largest absolute Gasteiger partial charge is 0.347 e. The number of carbonyl (C=O) groups is 1. The normalized spacial score (nSPS) is 20.5. The third-order valence-electron chi connectivity index (χ3n) is 8.56. The lowest BCUT2D eigenvalue weighted by molar-refractivity contribution is 0.101. The van der Waals surface area contributed by atoms with Crippen molar-refractivity contribution in [3.05, 3.63) is 38.9 Å². The van der Waals surface area contributed by atoms with Crippen LogP contribution in [0, 0.1) is 6.92 Å². The quantitative estimate of drug-likeness (QED) is 0.335. The van der Waals surface area contributed by atoms with Crippen molar-refractivity contribution < 1.29 is 4.79 Å². The molecule has 9 nitrogen and oxygen atoms in total. The first-order valence-electron chi connectivity index (χ1n) is 14.3. The minimum atomic E-state index is -0.240. The van der Waals surface area contributed by atoms with Crippen LogP contribution >= 0.6 is 0 Å². The zero-order valence-electron chi connectivity index (χ0n) is 23.3. The molecule has 2 aliphatic heterocycles. The van der Waals surface area contributed by atoms with Crippen molar-refractivity contribution in [3.8, 4) is 0 Å². The van der Waals surface area contributed by atoms with Gasteiger partial charge in [0.2, 0.25) is 0 Å². The highest BCUT2D eigenvalue weighted by Gasteiger charge is 2.27. The Balaban J connectivity index is 1.44. The molecule has 0 aromatic carbocycles. The highest BCUT2D eigenvalue weighted by atomic mass is 16.1. The average Bonchev–Trinajstić information content (AvgIpc) is 3.43. The van der Waals surface area contributed by atoms with E-state index in [1.165, 1.54) is 31.0 Å². The highest BCUT2D eigenvalue weighted by molar-refractivity contribution is 5.99. The maximum atomic E-state index is 13.5. The van der Waals surface area contributed by atoms with Gasteiger partial charge >= 0.3 is 0 Å². The van der Waals surface area contributed by atoms with E-state index in [-0.39, 0.29) is 22.9 Å². The Morgan fingerprint density at radius 1 is 1.16 bits per heavy atom. The number of nitrogens with zero attached hydrogens (tertiary/aromatic N) is 5. The van der Waals surface area contributed by atoms with E-state index >= 15 is 0 Å². The molecule has 4 heterocycles. The van der Waals surface area contributed by atoms with Crippen LogP contribution in [0.1, 0.15) is 94.1 Å². The number of ketones is 1. The molecule has 1 saturated heterocycles. The van der Waals surface area contributed by atoms with E-state index in [1.807, 2.05) is 13.8 Å². The summed E-state index contributed by atoms with van der Waals surface area (Å²) in [6, 6.07) is 0.724. The molecule has 1 aliphatic carbocycles. The van der Waals surface area contributed by atoms with E-state index < -0.39 is 0 Å². The molecule has 0 bridgehead atoms. The van der Waals surface area contributed by atoms with Gasteiger partial charge in [0.05, 0.1) is 5.56 Å². The summed E-state index contributed by atoms with van der Waals surface area (Å²) in [7, 11) is 0. The van der Waals surface area contributed by atoms with Gasteiger partial charge in [-0.2, -0.15) is 9.98 Å². The van der Waals surface area contributed by atoms with Crippen molar-refractivity contribution in [2.24, 2.45) is 4.99 Å². The second kappa shape index (κ2) is 11.5. The Morgan fingerprint density at radius 3 is 2.58 bits per heavy atom. The fraction of sp³-hybridized carbons (Fsp3) is 0.621. The molecule has 0 amide bonds. The van der Waals surface area contributed by atoms with E-state index in [4.69, 9.17) is 9.98 Å². The Labute approximate surface area is 224 Å². The number of piperidine rings is 1. The van der Waals surface area contributed by atoms with Crippen LogP contribution in [0.4, 0.5) is 5.95 Å². The monoisotopic (exact) mass is 519 g/mol. The summed E-state index contributed by atoms with van der Waals surface area (Å²) in [4.78, 5) is 42.5. The van der Waals surface area contributed by atoms with Crippen LogP contribution in [0.25, 0.3) is 11.0 Å². The predicted octanol–water partition coefficient (Wildman–Crippen LogP) is 4.18. The summed E-state index contributed by atoms with van der Waals surface area (Å²) in [5.41, 5.74) is 3.92. The SMILES string of the molecule is CCC1=C(NC(C)=Nc2ncc3c(C)c(C(C)=O)c(=O)n(C4CCCC4)c3n2)CCN(C2CCNCC2)C1. The number of nitrogens with one attached hydrogen (secondary N) is 2. The molecule has 2 aromatic heterocycles. The lowest BCUT2D eigenvalue weighted by atomic mass is 9.98. The number of Topliss-reactive ketones (excluding diaryl/α,β-unsaturated/α-hetero) is 1. The number of aliphatic imine (C=N–C) groups is 1. The molecule has 5 rings (SSSR count). The van der Waals surface area contributed by atoms with Crippen LogP contribution in [0.2, 0.25) is 0 Å². The van der Waals surface area contributed by atoms with E-state index in [0.29, 0.717) is 23.2 Å². The topological polar surface area (TPSA) is 105 Å². The van der Waals surface area contributed by atoms with Gasteiger partial charge in [-0.15, -0.1) is 0 Å². The van der Waals surface area contributed by atoms with Gasteiger partial charge < -0.3 is 10.6 Å². The highest BCUT2D eigenvalue weighted by Crippen LogP contribution is 2.32. The predicted molar refractivity (Wildman–Crippen MR) is 151 cm³/mol. The fourth-order valence-electron chi connectivity index (χ4n) is 6.50. The third kappa shape index (κ3) is 5.31. The number of pyridine rings is 1. The Morgan fingerprint density at radius 2 is 1.89 bits per heavy atom. The molecule has 3 aliphatic rings. The van der Waals surface area contributed by atoms with Crippen LogP contribution in [0.5, 0.6) is 0 Å². The van der Waals surface area contributed by atoms with E-state index in [9.17, 15) is 9.59 Å². The zero-order valence-corrected chi connectivity index (χ0v) is 23.3. The first-order valence-corrected chi connectivity index (χ1v) is 14.3. The van der Waals surface area contributed by atoms with Crippen molar-refractivity contribution in [1.82, 2.24) is 30.1 Å². The molecular formula is C29H41N7O2. The van der Waals surface area contributed by atoms with Gasteiger partial charge in [0.15, 0.2) is 5.78 Å². The number of carbonyl (C=O) groups excluding carboxylic acids is 1. The number of rotatable bonds is 6. The molecule has 0 unspecified atom stereocenters. The molecule has 2 aromatic rings. The van der Waals surface area contributed by atoms with E-state index in [1.54, 1.807) is 10.8 Å². The third-order valence-corrected chi connectivity index (χ3v) is 8.56. The summed E-state index contributed by atoms with van der Waals surface area (Å²) in [6.07, 6.45) is 10.1. The van der Waals surface area contributed by atoms with Gasteiger partial charge in [0.1, 0.15) is 11.5 Å². The number of fused-ring (bicyclic) bond motifs is 1. The van der Waals surface area contributed by atoms with Crippen molar-refractivity contribution in [2.75, 3.05) is 26.2 Å². The lowest BCUT2D eigenvalue weighted by Crippen LogP contribution is -2.46. The summed E-state index contributed by atoms with van der Waals surface area (Å²) in [6.45, 7) is 11.7. The van der Waals surface area contributed by atoms with Gasteiger partial charge in [-0.25, -0.2) is 4.98 Å². The lowest BCUT2D eigenvalue weighted by Gasteiger charge is -2.38. The Hall–Kier alpha value is -2.91. The van der Waals surface area contributed by atoms with Crippen LogP contribution in [0.3, 0.4) is 0 Å². The average molecular weight is 520 g/mol.